The highest BCUT2D eigenvalue weighted by molar-refractivity contribution is 5.84. The van der Waals surface area contributed by atoms with E-state index in [0.29, 0.717) is 12.1 Å². The van der Waals surface area contributed by atoms with Crippen molar-refractivity contribution in [3.05, 3.63) is 29.3 Å². The van der Waals surface area contributed by atoms with E-state index < -0.39 is 0 Å². The number of nitrogens with zero attached hydrogens (tertiary/aromatic N) is 2. The fraction of sp³-hybridized carbons (Fsp3) is 0.467. The third-order valence-corrected chi connectivity index (χ3v) is 3.92. The van der Waals surface area contributed by atoms with Crippen LogP contribution >= 0.6 is 0 Å². The van der Waals surface area contributed by atoms with Gasteiger partial charge in [0, 0.05) is 20.1 Å². The SMILES string of the molecule is CNC(=O)C1(C)CCN(c2c(C)cccc2C#N)C1. The van der Waals surface area contributed by atoms with Gasteiger partial charge in [-0.2, -0.15) is 5.26 Å². The summed E-state index contributed by atoms with van der Waals surface area (Å²) >= 11 is 0. The van der Waals surface area contributed by atoms with Gasteiger partial charge in [0.05, 0.1) is 16.7 Å². The van der Waals surface area contributed by atoms with E-state index in [1.807, 2.05) is 32.0 Å². The molecule has 100 valence electrons. The first kappa shape index (κ1) is 13.4. The predicted molar refractivity (Wildman–Crippen MR) is 74.9 cm³/mol. The molecule has 1 atom stereocenters. The monoisotopic (exact) mass is 257 g/mol. The minimum Gasteiger partial charge on any atom is -0.369 e. The molecule has 1 heterocycles. The van der Waals surface area contributed by atoms with Crippen LogP contribution in [0.4, 0.5) is 5.69 Å². The van der Waals surface area contributed by atoms with Gasteiger partial charge in [-0.1, -0.05) is 12.1 Å². The number of para-hydroxylation sites is 1. The van der Waals surface area contributed by atoms with Crippen LogP contribution in [0, 0.1) is 23.7 Å². The molecule has 1 saturated heterocycles. The third kappa shape index (κ3) is 2.28. The molecule has 2 rings (SSSR count). The molecular weight excluding hydrogens is 238 g/mol. The molecule has 1 aromatic rings. The van der Waals surface area contributed by atoms with Crippen LogP contribution in [0.2, 0.25) is 0 Å². The van der Waals surface area contributed by atoms with Gasteiger partial charge in [-0.05, 0) is 31.9 Å². The lowest BCUT2D eigenvalue weighted by Gasteiger charge is -2.25. The number of hydrogen-bond donors (Lipinski definition) is 1. The number of carbonyl (C=O) groups is 1. The van der Waals surface area contributed by atoms with Gasteiger partial charge in [0.1, 0.15) is 6.07 Å². The number of hydrogen-bond acceptors (Lipinski definition) is 3. The Morgan fingerprint density at radius 1 is 1.53 bits per heavy atom. The van der Waals surface area contributed by atoms with E-state index in [4.69, 9.17) is 0 Å². The van der Waals surface area contributed by atoms with Crippen LogP contribution in [0.25, 0.3) is 0 Å². The van der Waals surface area contributed by atoms with Gasteiger partial charge in [0.25, 0.3) is 0 Å². The number of aryl methyl sites for hydroxylation is 1. The summed E-state index contributed by atoms with van der Waals surface area (Å²) in [5, 5.41) is 12.0. The van der Waals surface area contributed by atoms with Crippen LogP contribution in [-0.2, 0) is 4.79 Å². The predicted octanol–water partition coefficient (Wildman–Crippen LogP) is 1.83. The van der Waals surface area contributed by atoms with E-state index in [-0.39, 0.29) is 11.3 Å². The standard InChI is InChI=1S/C15H19N3O/c1-11-5-4-6-12(9-16)13(11)18-8-7-15(2,10-18)14(19)17-3/h4-6H,7-8,10H2,1-3H3,(H,17,19). The lowest BCUT2D eigenvalue weighted by Crippen LogP contribution is -2.39. The Hall–Kier alpha value is -2.02. The Kier molecular flexibility index (Phi) is 3.48. The lowest BCUT2D eigenvalue weighted by molar-refractivity contribution is -0.128. The van der Waals surface area contributed by atoms with Crippen molar-refractivity contribution in [3.63, 3.8) is 0 Å². The van der Waals surface area contributed by atoms with Crippen LogP contribution in [0.3, 0.4) is 0 Å². The van der Waals surface area contributed by atoms with E-state index in [1.54, 1.807) is 7.05 Å². The first-order chi connectivity index (χ1) is 9.01. The van der Waals surface area contributed by atoms with Gasteiger partial charge >= 0.3 is 0 Å². The third-order valence-electron chi connectivity index (χ3n) is 3.92. The molecule has 0 aliphatic carbocycles. The second-order valence-corrected chi connectivity index (χ2v) is 5.39. The van der Waals surface area contributed by atoms with Crippen molar-refractivity contribution in [2.24, 2.45) is 5.41 Å². The van der Waals surface area contributed by atoms with Crippen molar-refractivity contribution in [1.29, 1.82) is 5.26 Å². The first-order valence-electron chi connectivity index (χ1n) is 6.48. The number of benzene rings is 1. The molecule has 0 radical (unpaired) electrons. The molecule has 1 amide bonds. The highest BCUT2D eigenvalue weighted by Crippen LogP contribution is 2.36. The number of anilines is 1. The number of rotatable bonds is 2. The number of amides is 1. The summed E-state index contributed by atoms with van der Waals surface area (Å²) in [5.41, 5.74) is 2.36. The van der Waals surface area contributed by atoms with E-state index in [2.05, 4.69) is 16.3 Å². The van der Waals surface area contributed by atoms with Crippen LogP contribution in [0.15, 0.2) is 18.2 Å². The number of nitriles is 1. The van der Waals surface area contributed by atoms with Gasteiger partial charge in [-0.3, -0.25) is 4.79 Å². The molecular formula is C15H19N3O. The van der Waals surface area contributed by atoms with Gasteiger partial charge in [-0.25, -0.2) is 0 Å². The fourth-order valence-electron chi connectivity index (χ4n) is 2.81. The van der Waals surface area contributed by atoms with Crippen LogP contribution in [0.5, 0.6) is 0 Å². The van der Waals surface area contributed by atoms with Gasteiger partial charge in [0.15, 0.2) is 0 Å². The Bertz CT molecular complexity index is 547. The van der Waals surface area contributed by atoms with E-state index in [1.165, 1.54) is 0 Å². The molecule has 0 spiro atoms. The molecule has 1 aromatic carbocycles. The van der Waals surface area contributed by atoms with Crippen molar-refractivity contribution in [1.82, 2.24) is 5.32 Å². The van der Waals surface area contributed by atoms with Crippen molar-refractivity contribution in [2.75, 3.05) is 25.0 Å². The quantitative estimate of drug-likeness (QED) is 0.879. The Morgan fingerprint density at radius 2 is 2.26 bits per heavy atom. The van der Waals surface area contributed by atoms with Crippen molar-refractivity contribution < 1.29 is 4.79 Å². The topological polar surface area (TPSA) is 56.1 Å². The number of nitrogens with one attached hydrogen (secondary N) is 1. The zero-order valence-corrected chi connectivity index (χ0v) is 11.7. The fourth-order valence-corrected chi connectivity index (χ4v) is 2.81. The van der Waals surface area contributed by atoms with Crippen LogP contribution in [-0.4, -0.2) is 26.0 Å². The molecule has 4 heteroatoms. The minimum absolute atomic E-state index is 0.0714. The first-order valence-corrected chi connectivity index (χ1v) is 6.48. The van der Waals surface area contributed by atoms with Crippen molar-refractivity contribution in [2.45, 2.75) is 20.3 Å². The largest absolute Gasteiger partial charge is 0.369 e. The van der Waals surface area contributed by atoms with Crippen LogP contribution in [0.1, 0.15) is 24.5 Å². The molecule has 0 saturated carbocycles. The second kappa shape index (κ2) is 4.93. The average Bonchev–Trinajstić information content (AvgIpc) is 2.80. The molecule has 1 unspecified atom stereocenters. The second-order valence-electron chi connectivity index (χ2n) is 5.39. The Morgan fingerprint density at radius 3 is 2.89 bits per heavy atom. The molecule has 1 fully saturated rings. The maximum absolute atomic E-state index is 11.9. The summed E-state index contributed by atoms with van der Waals surface area (Å²) in [7, 11) is 1.67. The summed E-state index contributed by atoms with van der Waals surface area (Å²) in [4.78, 5) is 14.1. The molecule has 0 bridgehead atoms. The maximum Gasteiger partial charge on any atom is 0.227 e. The van der Waals surface area contributed by atoms with E-state index >= 15 is 0 Å². The maximum atomic E-state index is 11.9. The van der Waals surface area contributed by atoms with Crippen LogP contribution < -0.4 is 10.2 Å². The lowest BCUT2D eigenvalue weighted by atomic mass is 9.89. The smallest absolute Gasteiger partial charge is 0.227 e. The molecule has 1 N–H and O–H groups in total. The van der Waals surface area contributed by atoms with Crippen molar-refractivity contribution >= 4 is 11.6 Å². The normalized spacial score (nSPS) is 22.1. The summed E-state index contributed by atoms with van der Waals surface area (Å²) in [6.45, 7) is 5.46. The molecule has 4 nitrogen and oxygen atoms in total. The van der Waals surface area contributed by atoms with Gasteiger partial charge in [-0.15, -0.1) is 0 Å². The molecule has 0 aromatic heterocycles. The van der Waals surface area contributed by atoms with Crippen molar-refractivity contribution in [3.8, 4) is 6.07 Å². The zero-order valence-electron chi connectivity index (χ0n) is 11.7. The Labute approximate surface area is 114 Å². The molecule has 19 heavy (non-hydrogen) atoms. The van der Waals surface area contributed by atoms with E-state index in [0.717, 1.165) is 24.2 Å². The summed E-state index contributed by atoms with van der Waals surface area (Å²) in [6, 6.07) is 7.97. The molecule has 1 aliphatic rings. The average molecular weight is 257 g/mol. The minimum atomic E-state index is -0.371. The Balaban J connectivity index is 2.32. The van der Waals surface area contributed by atoms with E-state index in [9.17, 15) is 10.1 Å². The highest BCUT2D eigenvalue weighted by Gasteiger charge is 2.40. The van der Waals surface area contributed by atoms with Gasteiger partial charge < -0.3 is 10.2 Å². The van der Waals surface area contributed by atoms with Gasteiger partial charge in [0.2, 0.25) is 5.91 Å². The summed E-state index contributed by atoms with van der Waals surface area (Å²) < 4.78 is 0. The summed E-state index contributed by atoms with van der Waals surface area (Å²) in [6.07, 6.45) is 0.811. The summed E-state index contributed by atoms with van der Waals surface area (Å²) in [5.74, 6) is 0.0714. The number of carbonyl (C=O) groups excluding carboxylic acids is 1. The molecule has 1 aliphatic heterocycles. The zero-order chi connectivity index (χ0) is 14.0. The highest BCUT2D eigenvalue weighted by atomic mass is 16.2.